The number of ether oxygens (including phenoxy) is 1. The van der Waals surface area contributed by atoms with Crippen LogP contribution < -0.4 is 5.32 Å². The molecule has 0 spiro atoms. The number of rotatable bonds is 9. The maximum absolute atomic E-state index is 13.3. The second-order valence-electron chi connectivity index (χ2n) is 7.60. The molecule has 0 bridgehead atoms. The Morgan fingerprint density at radius 1 is 1.10 bits per heavy atom. The third-order valence-electron chi connectivity index (χ3n) is 5.10. The molecule has 3 rings (SSSR count). The van der Waals surface area contributed by atoms with Gasteiger partial charge >= 0.3 is 6.03 Å². The highest BCUT2D eigenvalue weighted by Gasteiger charge is 2.26. The highest BCUT2D eigenvalue weighted by atomic mass is 16.5. The van der Waals surface area contributed by atoms with Crippen molar-refractivity contribution in [3.8, 4) is 0 Å². The Hall–Kier alpha value is -2.80. The summed E-state index contributed by atoms with van der Waals surface area (Å²) in [7, 11) is 0. The Balaban J connectivity index is 1.73. The van der Waals surface area contributed by atoms with E-state index in [2.05, 4.69) is 5.32 Å². The highest BCUT2D eigenvalue weighted by molar-refractivity contribution is 5.84. The van der Waals surface area contributed by atoms with Crippen LogP contribution in [0.3, 0.4) is 0 Å². The Morgan fingerprint density at radius 3 is 2.53 bits per heavy atom. The van der Waals surface area contributed by atoms with Crippen molar-refractivity contribution >= 4 is 11.9 Å². The number of nitrogens with zero attached hydrogens (tertiary/aromatic N) is 2. The molecule has 1 saturated heterocycles. The van der Waals surface area contributed by atoms with Crippen LogP contribution in [0.5, 0.6) is 0 Å². The van der Waals surface area contributed by atoms with E-state index in [1.165, 1.54) is 0 Å². The molecular formula is C23H31N3O4. The van der Waals surface area contributed by atoms with Crippen LogP contribution in [0.15, 0.2) is 46.9 Å². The lowest BCUT2D eigenvalue weighted by Gasteiger charge is -2.29. The minimum Gasteiger partial charge on any atom is -0.464 e. The van der Waals surface area contributed by atoms with Gasteiger partial charge in [0.05, 0.1) is 12.6 Å². The third kappa shape index (κ3) is 6.35. The Morgan fingerprint density at radius 2 is 1.90 bits per heavy atom. The van der Waals surface area contributed by atoms with Gasteiger partial charge in [-0.2, -0.15) is 0 Å². The molecule has 0 aliphatic carbocycles. The van der Waals surface area contributed by atoms with E-state index in [0.29, 0.717) is 32.8 Å². The van der Waals surface area contributed by atoms with Crippen molar-refractivity contribution in [2.24, 2.45) is 0 Å². The Kier molecular flexibility index (Phi) is 7.90. The number of urea groups is 1. The van der Waals surface area contributed by atoms with Crippen molar-refractivity contribution in [1.29, 1.82) is 0 Å². The second-order valence-corrected chi connectivity index (χ2v) is 7.60. The maximum Gasteiger partial charge on any atom is 0.317 e. The topological polar surface area (TPSA) is 75.0 Å². The number of carbonyl (C=O) groups excluding carboxylic acids is 2. The summed E-state index contributed by atoms with van der Waals surface area (Å²) >= 11 is 0. The number of hydrogen-bond acceptors (Lipinski definition) is 4. The minimum absolute atomic E-state index is 0.00177. The van der Waals surface area contributed by atoms with Crippen LogP contribution in [0, 0.1) is 6.92 Å². The first-order chi connectivity index (χ1) is 14.5. The van der Waals surface area contributed by atoms with Crippen LogP contribution in [0.1, 0.15) is 36.8 Å². The number of carbonyl (C=O) groups is 2. The second kappa shape index (κ2) is 10.8. The molecule has 0 radical (unpaired) electrons. The molecule has 1 aromatic heterocycles. The first-order valence-corrected chi connectivity index (χ1v) is 10.6. The van der Waals surface area contributed by atoms with Crippen molar-refractivity contribution in [1.82, 2.24) is 15.1 Å². The normalized spacial score (nSPS) is 15.7. The molecule has 1 aliphatic heterocycles. The highest BCUT2D eigenvalue weighted by Crippen LogP contribution is 2.16. The third-order valence-corrected chi connectivity index (χ3v) is 5.10. The summed E-state index contributed by atoms with van der Waals surface area (Å²) in [6.45, 7) is 6.17. The van der Waals surface area contributed by atoms with Gasteiger partial charge in [0, 0.05) is 26.2 Å². The molecule has 1 atom stereocenters. The van der Waals surface area contributed by atoms with Crippen molar-refractivity contribution in [2.45, 2.75) is 45.9 Å². The van der Waals surface area contributed by atoms with Gasteiger partial charge in [-0.3, -0.25) is 4.79 Å². The zero-order chi connectivity index (χ0) is 21.3. The van der Waals surface area contributed by atoms with Crippen LogP contribution in [0.25, 0.3) is 0 Å². The molecule has 3 amide bonds. The number of amides is 3. The summed E-state index contributed by atoms with van der Waals surface area (Å²) in [6, 6.07) is 13.4. The minimum atomic E-state index is -0.241. The number of furan rings is 1. The molecule has 30 heavy (non-hydrogen) atoms. The van der Waals surface area contributed by atoms with E-state index in [0.717, 1.165) is 29.9 Å². The van der Waals surface area contributed by atoms with Gasteiger partial charge in [-0.15, -0.1) is 0 Å². The van der Waals surface area contributed by atoms with Crippen LogP contribution in [0.4, 0.5) is 4.79 Å². The molecule has 7 heteroatoms. The number of hydrogen-bond donors (Lipinski definition) is 1. The molecule has 7 nitrogen and oxygen atoms in total. The first-order valence-electron chi connectivity index (χ1n) is 10.6. The van der Waals surface area contributed by atoms with Crippen molar-refractivity contribution < 1.29 is 18.7 Å². The van der Waals surface area contributed by atoms with Gasteiger partial charge in [0.25, 0.3) is 0 Å². The molecule has 1 fully saturated rings. The van der Waals surface area contributed by atoms with Gasteiger partial charge in [-0.1, -0.05) is 30.3 Å². The molecule has 0 saturated carbocycles. The molecule has 1 unspecified atom stereocenters. The molecule has 162 valence electrons. The molecule has 1 aliphatic rings. The van der Waals surface area contributed by atoms with E-state index in [9.17, 15) is 9.59 Å². The van der Waals surface area contributed by atoms with E-state index in [1.807, 2.05) is 56.3 Å². The fourth-order valence-electron chi connectivity index (χ4n) is 3.57. The predicted molar refractivity (Wildman–Crippen MR) is 114 cm³/mol. The van der Waals surface area contributed by atoms with E-state index < -0.39 is 0 Å². The predicted octanol–water partition coefficient (Wildman–Crippen LogP) is 3.33. The van der Waals surface area contributed by atoms with Crippen molar-refractivity contribution in [3.63, 3.8) is 0 Å². The zero-order valence-corrected chi connectivity index (χ0v) is 17.8. The molecule has 1 aromatic carbocycles. The van der Waals surface area contributed by atoms with Crippen molar-refractivity contribution in [3.05, 3.63) is 59.5 Å². The molecule has 2 heterocycles. The average Bonchev–Trinajstić information content (AvgIpc) is 3.39. The summed E-state index contributed by atoms with van der Waals surface area (Å²) in [5.74, 6) is 1.40. The van der Waals surface area contributed by atoms with E-state index in [1.54, 1.807) is 9.80 Å². The van der Waals surface area contributed by atoms with Crippen molar-refractivity contribution in [2.75, 3.05) is 26.2 Å². The zero-order valence-electron chi connectivity index (χ0n) is 17.8. The lowest BCUT2D eigenvalue weighted by atomic mass is 10.2. The van der Waals surface area contributed by atoms with Crippen LogP contribution in [-0.4, -0.2) is 54.1 Å². The van der Waals surface area contributed by atoms with Gasteiger partial charge in [0.2, 0.25) is 5.91 Å². The maximum atomic E-state index is 13.3. The average molecular weight is 414 g/mol. The van der Waals surface area contributed by atoms with Gasteiger partial charge in [0.15, 0.2) is 0 Å². The van der Waals surface area contributed by atoms with Gasteiger partial charge < -0.3 is 24.3 Å². The monoisotopic (exact) mass is 413 g/mol. The van der Waals surface area contributed by atoms with Crippen LogP contribution in [0.2, 0.25) is 0 Å². The fourth-order valence-corrected chi connectivity index (χ4v) is 3.57. The summed E-state index contributed by atoms with van der Waals surface area (Å²) < 4.78 is 11.4. The number of aryl methyl sites for hydroxylation is 1. The number of benzene rings is 1. The Labute approximate surface area is 178 Å². The Bertz CT molecular complexity index is 815. The standard InChI is InChI=1S/C23H31N3O4/c1-3-24-23(28)26(15-20-10-7-13-29-20)17-22(27)25(14-19-8-5-4-6-9-19)16-21-12-11-18(2)30-21/h4-6,8-9,11-12,20H,3,7,10,13-17H2,1-2H3,(H,24,28). The number of nitrogens with one attached hydrogen (secondary N) is 1. The van der Waals surface area contributed by atoms with Gasteiger partial charge in [-0.05, 0) is 44.4 Å². The fraction of sp³-hybridized carbons (Fsp3) is 0.478. The first kappa shape index (κ1) is 21.9. The largest absolute Gasteiger partial charge is 0.464 e. The molecular weight excluding hydrogens is 382 g/mol. The van der Waals surface area contributed by atoms with Gasteiger partial charge in [-0.25, -0.2) is 4.79 Å². The van der Waals surface area contributed by atoms with Crippen LogP contribution in [-0.2, 0) is 22.6 Å². The summed E-state index contributed by atoms with van der Waals surface area (Å²) in [5, 5.41) is 2.81. The van der Waals surface area contributed by atoms with Gasteiger partial charge in [0.1, 0.15) is 18.1 Å². The van der Waals surface area contributed by atoms with E-state index in [4.69, 9.17) is 9.15 Å². The SMILES string of the molecule is CCNC(=O)N(CC(=O)N(Cc1ccccc1)Cc1ccc(C)o1)CC1CCCO1. The quantitative estimate of drug-likeness (QED) is 0.684. The molecule has 2 aromatic rings. The lowest BCUT2D eigenvalue weighted by Crippen LogP contribution is -2.49. The van der Waals surface area contributed by atoms with E-state index in [-0.39, 0.29) is 24.6 Å². The van der Waals surface area contributed by atoms with Crippen LogP contribution >= 0.6 is 0 Å². The molecule has 1 N–H and O–H groups in total. The summed E-state index contributed by atoms with van der Waals surface area (Å²) in [5.41, 5.74) is 1.03. The van der Waals surface area contributed by atoms with E-state index >= 15 is 0 Å². The summed E-state index contributed by atoms with van der Waals surface area (Å²) in [6.07, 6.45) is 1.87. The smallest absolute Gasteiger partial charge is 0.317 e. The lowest BCUT2D eigenvalue weighted by molar-refractivity contribution is -0.133. The summed E-state index contributed by atoms with van der Waals surface area (Å²) in [4.78, 5) is 29.1.